The average molecular weight is 424 g/mol. The fourth-order valence-electron chi connectivity index (χ4n) is 7.90. The molecule has 5 aliphatic rings. The molecule has 0 aromatic heterocycles. The highest BCUT2D eigenvalue weighted by atomic mass is 16.7. The average Bonchev–Trinajstić information content (AvgIpc) is 3.49. The summed E-state index contributed by atoms with van der Waals surface area (Å²) in [6, 6.07) is 2.37. The summed E-state index contributed by atoms with van der Waals surface area (Å²) in [7, 11) is 0. The molecule has 0 amide bonds. The third kappa shape index (κ3) is 2.79. The SMILES string of the molecule is C[C@@H]1CCC2(OCCO2)[C@@]1(C)CC[C@H]1CCC=C2C3(CC=CC3)C(O)=C(C#N)C[C@@]21C. The number of ether oxygens (including phenoxy) is 2. The number of aliphatic hydroxyl groups excluding tert-OH is 1. The zero-order valence-corrected chi connectivity index (χ0v) is 19.4. The third-order valence-corrected chi connectivity index (χ3v) is 10.0. The van der Waals surface area contributed by atoms with Crippen LogP contribution in [0.1, 0.15) is 78.6 Å². The van der Waals surface area contributed by atoms with Crippen molar-refractivity contribution in [1.29, 1.82) is 5.26 Å². The summed E-state index contributed by atoms with van der Waals surface area (Å²) >= 11 is 0. The zero-order valence-electron chi connectivity index (χ0n) is 19.4. The number of nitriles is 1. The molecule has 1 heterocycles. The Balaban J connectivity index is 1.44. The van der Waals surface area contributed by atoms with Crippen molar-refractivity contribution in [3.8, 4) is 6.07 Å². The summed E-state index contributed by atoms with van der Waals surface area (Å²) in [5, 5.41) is 21.0. The molecule has 4 aliphatic carbocycles. The van der Waals surface area contributed by atoms with Crippen LogP contribution in [0.5, 0.6) is 0 Å². The monoisotopic (exact) mass is 423 g/mol. The highest BCUT2D eigenvalue weighted by Gasteiger charge is 2.60. The maximum absolute atomic E-state index is 11.1. The molecule has 0 bridgehead atoms. The van der Waals surface area contributed by atoms with E-state index in [1.165, 1.54) is 5.57 Å². The predicted molar refractivity (Wildman–Crippen MR) is 120 cm³/mol. The summed E-state index contributed by atoms with van der Waals surface area (Å²) in [5.74, 6) is 1.02. The first-order valence-corrected chi connectivity index (χ1v) is 12.3. The van der Waals surface area contributed by atoms with Crippen molar-refractivity contribution >= 4 is 0 Å². The van der Waals surface area contributed by atoms with Gasteiger partial charge in [0, 0.05) is 11.8 Å². The molecule has 4 heteroatoms. The maximum atomic E-state index is 11.1. The van der Waals surface area contributed by atoms with E-state index in [0.29, 0.717) is 42.8 Å². The number of allylic oxidation sites excluding steroid dienone is 5. The van der Waals surface area contributed by atoms with Crippen LogP contribution in [0, 0.1) is 39.4 Å². The minimum absolute atomic E-state index is 0.0263. The van der Waals surface area contributed by atoms with Crippen LogP contribution < -0.4 is 0 Å². The van der Waals surface area contributed by atoms with Gasteiger partial charge in [0.2, 0.25) is 0 Å². The van der Waals surface area contributed by atoms with Gasteiger partial charge in [-0.15, -0.1) is 0 Å². The fraction of sp³-hybridized carbons (Fsp3) is 0.741. The molecular weight excluding hydrogens is 386 g/mol. The summed E-state index contributed by atoms with van der Waals surface area (Å²) in [5.41, 5.74) is 1.59. The van der Waals surface area contributed by atoms with Crippen LogP contribution >= 0.6 is 0 Å². The van der Waals surface area contributed by atoms with Crippen molar-refractivity contribution in [3.63, 3.8) is 0 Å². The second-order valence-electron chi connectivity index (χ2n) is 11.2. The Morgan fingerprint density at radius 3 is 2.55 bits per heavy atom. The van der Waals surface area contributed by atoms with Gasteiger partial charge in [0.15, 0.2) is 5.79 Å². The lowest BCUT2D eigenvalue weighted by Crippen LogP contribution is -2.47. The molecule has 0 radical (unpaired) electrons. The van der Waals surface area contributed by atoms with Crippen molar-refractivity contribution in [2.45, 2.75) is 84.3 Å². The van der Waals surface area contributed by atoms with E-state index >= 15 is 0 Å². The van der Waals surface area contributed by atoms with Gasteiger partial charge in [0.05, 0.1) is 30.3 Å². The molecule has 0 aromatic carbocycles. The van der Waals surface area contributed by atoms with Crippen molar-refractivity contribution in [2.75, 3.05) is 13.2 Å². The molecule has 2 spiro atoms. The van der Waals surface area contributed by atoms with E-state index in [4.69, 9.17) is 9.47 Å². The molecule has 4 atom stereocenters. The van der Waals surface area contributed by atoms with Gasteiger partial charge >= 0.3 is 0 Å². The molecule has 31 heavy (non-hydrogen) atoms. The Hall–Kier alpha value is -1.57. The summed E-state index contributed by atoms with van der Waals surface area (Å²) in [4.78, 5) is 0. The topological polar surface area (TPSA) is 62.5 Å². The molecule has 1 saturated carbocycles. The van der Waals surface area contributed by atoms with Crippen LogP contribution in [0.4, 0.5) is 0 Å². The highest BCUT2D eigenvalue weighted by Crippen LogP contribution is 2.64. The quantitative estimate of drug-likeness (QED) is 0.536. The number of aliphatic hydroxyl groups is 1. The first kappa shape index (κ1) is 21.3. The van der Waals surface area contributed by atoms with Crippen LogP contribution in [-0.2, 0) is 9.47 Å². The van der Waals surface area contributed by atoms with Crippen LogP contribution in [0.2, 0.25) is 0 Å². The van der Waals surface area contributed by atoms with Crippen molar-refractivity contribution < 1.29 is 14.6 Å². The van der Waals surface area contributed by atoms with Gasteiger partial charge in [-0.3, -0.25) is 0 Å². The first-order valence-electron chi connectivity index (χ1n) is 12.3. The van der Waals surface area contributed by atoms with Crippen LogP contribution in [0.3, 0.4) is 0 Å². The van der Waals surface area contributed by atoms with Gasteiger partial charge in [-0.05, 0) is 68.6 Å². The molecule has 1 N–H and O–H groups in total. The standard InChI is InChI=1S/C27H37NO3/c1-19-9-14-27(30-15-16-31-27)25(19,3)13-10-21-7-6-8-22-24(21,2)17-20(18-28)23(29)26(22)11-4-5-12-26/h4-5,8,19,21,29H,6-7,9-17H2,1-3H3/t19-,21-,24-,25+/m1/s1. The lowest BCUT2D eigenvalue weighted by atomic mass is 9.51. The highest BCUT2D eigenvalue weighted by molar-refractivity contribution is 5.47. The van der Waals surface area contributed by atoms with Crippen LogP contribution in [-0.4, -0.2) is 24.1 Å². The van der Waals surface area contributed by atoms with E-state index in [1.807, 2.05) is 0 Å². The Bertz CT molecular complexity index is 879. The number of hydrogen-bond donors (Lipinski definition) is 1. The van der Waals surface area contributed by atoms with E-state index in [-0.39, 0.29) is 16.2 Å². The van der Waals surface area contributed by atoms with E-state index in [0.717, 1.165) is 51.4 Å². The van der Waals surface area contributed by atoms with Gasteiger partial charge in [-0.25, -0.2) is 0 Å². The van der Waals surface area contributed by atoms with E-state index < -0.39 is 5.79 Å². The predicted octanol–water partition coefficient (Wildman–Crippen LogP) is 6.36. The largest absolute Gasteiger partial charge is 0.510 e. The zero-order chi connectivity index (χ0) is 21.9. The summed E-state index contributed by atoms with van der Waals surface area (Å²) in [6.45, 7) is 8.53. The van der Waals surface area contributed by atoms with E-state index in [1.54, 1.807) is 0 Å². The molecule has 0 unspecified atom stereocenters. The van der Waals surface area contributed by atoms with Gasteiger partial charge < -0.3 is 14.6 Å². The molecular formula is C27H37NO3. The van der Waals surface area contributed by atoms with E-state index in [9.17, 15) is 10.4 Å². The van der Waals surface area contributed by atoms with Crippen LogP contribution in [0.25, 0.3) is 0 Å². The van der Waals surface area contributed by atoms with Crippen molar-refractivity contribution in [3.05, 3.63) is 35.1 Å². The van der Waals surface area contributed by atoms with Gasteiger partial charge in [-0.2, -0.15) is 5.26 Å². The Morgan fingerprint density at radius 2 is 1.87 bits per heavy atom. The number of fused-ring (bicyclic) bond motifs is 2. The van der Waals surface area contributed by atoms with Crippen molar-refractivity contribution in [2.24, 2.45) is 28.1 Å². The van der Waals surface area contributed by atoms with Crippen molar-refractivity contribution in [1.82, 2.24) is 0 Å². The molecule has 4 nitrogen and oxygen atoms in total. The van der Waals surface area contributed by atoms with Gasteiger partial charge in [0.1, 0.15) is 5.76 Å². The molecule has 1 aliphatic heterocycles. The smallest absolute Gasteiger partial charge is 0.174 e. The Kier molecular flexibility index (Phi) is 4.96. The fourth-order valence-corrected chi connectivity index (χ4v) is 7.90. The van der Waals surface area contributed by atoms with Crippen LogP contribution in [0.15, 0.2) is 35.1 Å². The minimum Gasteiger partial charge on any atom is -0.510 e. The van der Waals surface area contributed by atoms with Gasteiger partial charge in [-0.1, -0.05) is 44.6 Å². The number of nitrogens with zero attached hydrogens (tertiary/aromatic N) is 1. The summed E-state index contributed by atoms with van der Waals surface area (Å²) < 4.78 is 12.5. The second kappa shape index (κ2) is 7.22. The molecule has 2 fully saturated rings. The Labute approximate surface area is 187 Å². The second-order valence-corrected chi connectivity index (χ2v) is 11.2. The lowest BCUT2D eigenvalue weighted by molar-refractivity contribution is -0.227. The third-order valence-electron chi connectivity index (χ3n) is 10.0. The number of rotatable bonds is 3. The molecule has 5 rings (SSSR count). The minimum atomic E-state index is -0.403. The number of hydrogen-bond acceptors (Lipinski definition) is 4. The van der Waals surface area contributed by atoms with E-state index in [2.05, 4.69) is 45.1 Å². The molecule has 0 aromatic rings. The maximum Gasteiger partial charge on any atom is 0.174 e. The Morgan fingerprint density at radius 1 is 1.16 bits per heavy atom. The van der Waals surface area contributed by atoms with Gasteiger partial charge in [0.25, 0.3) is 0 Å². The molecule has 1 saturated heterocycles. The lowest BCUT2D eigenvalue weighted by Gasteiger charge is -2.53. The first-order chi connectivity index (χ1) is 14.8. The molecule has 168 valence electrons. The summed E-state index contributed by atoms with van der Waals surface area (Å²) in [6.07, 6.45) is 15.7. The normalized spacial score (nSPS) is 40.4.